The molecule has 1 saturated heterocycles. The van der Waals surface area contributed by atoms with E-state index >= 15 is 0 Å². The van der Waals surface area contributed by atoms with E-state index in [9.17, 15) is 8.42 Å². The van der Waals surface area contributed by atoms with Gasteiger partial charge in [-0.15, -0.1) is 0 Å². The number of piperazine rings is 1. The number of nitrogens with zero attached hydrogens (tertiary/aromatic N) is 1. The van der Waals surface area contributed by atoms with Crippen LogP contribution in [0, 0.1) is 6.92 Å². The Morgan fingerprint density at radius 3 is 2.52 bits per heavy atom. The van der Waals surface area contributed by atoms with Gasteiger partial charge in [0.05, 0.1) is 4.90 Å². The summed E-state index contributed by atoms with van der Waals surface area (Å²) >= 11 is 0. The molecular formula is C16H26N2O2S. The lowest BCUT2D eigenvalue weighted by Crippen LogP contribution is -2.51. The Morgan fingerprint density at radius 2 is 1.95 bits per heavy atom. The zero-order chi connectivity index (χ0) is 15.8. The molecule has 0 bridgehead atoms. The first-order chi connectivity index (χ1) is 9.62. The van der Waals surface area contributed by atoms with Gasteiger partial charge >= 0.3 is 0 Å². The highest BCUT2D eigenvalue weighted by molar-refractivity contribution is 7.89. The van der Waals surface area contributed by atoms with Crippen molar-refractivity contribution in [3.05, 3.63) is 29.3 Å². The molecule has 2 rings (SSSR count). The third kappa shape index (κ3) is 3.47. The van der Waals surface area contributed by atoms with Gasteiger partial charge in [-0.05, 0) is 36.5 Å². The molecule has 0 saturated carbocycles. The molecule has 0 aliphatic carbocycles. The zero-order valence-electron chi connectivity index (χ0n) is 13.6. The fraction of sp³-hybridized carbons (Fsp3) is 0.625. The van der Waals surface area contributed by atoms with Gasteiger partial charge in [0.2, 0.25) is 10.0 Å². The number of benzene rings is 1. The fourth-order valence-corrected chi connectivity index (χ4v) is 4.38. The third-order valence-electron chi connectivity index (χ3n) is 4.00. The van der Waals surface area contributed by atoms with E-state index < -0.39 is 10.0 Å². The molecule has 0 radical (unpaired) electrons. The molecule has 1 aliphatic rings. The summed E-state index contributed by atoms with van der Waals surface area (Å²) in [6, 6.07) is 5.98. The second-order valence-electron chi connectivity index (χ2n) is 6.95. The summed E-state index contributed by atoms with van der Waals surface area (Å²) in [6.07, 6.45) is 0. The number of nitrogens with one attached hydrogen (secondary N) is 1. The van der Waals surface area contributed by atoms with Crippen molar-refractivity contribution in [1.82, 2.24) is 9.62 Å². The molecule has 118 valence electrons. The Morgan fingerprint density at radius 1 is 1.29 bits per heavy atom. The van der Waals surface area contributed by atoms with E-state index in [1.165, 1.54) is 0 Å². The van der Waals surface area contributed by atoms with E-state index in [1.807, 2.05) is 32.0 Å². The van der Waals surface area contributed by atoms with Crippen molar-refractivity contribution in [2.45, 2.75) is 51.0 Å². The smallest absolute Gasteiger partial charge is 0.243 e. The van der Waals surface area contributed by atoms with Gasteiger partial charge in [0.1, 0.15) is 0 Å². The van der Waals surface area contributed by atoms with Crippen LogP contribution in [0.1, 0.15) is 38.8 Å². The lowest BCUT2D eigenvalue weighted by Gasteiger charge is -2.32. The molecule has 5 heteroatoms. The first-order valence-corrected chi connectivity index (χ1v) is 8.91. The third-order valence-corrected chi connectivity index (χ3v) is 6.01. The largest absolute Gasteiger partial charge is 0.312 e. The van der Waals surface area contributed by atoms with Crippen molar-refractivity contribution < 1.29 is 8.42 Å². The van der Waals surface area contributed by atoms with Crippen LogP contribution in [-0.4, -0.2) is 38.4 Å². The van der Waals surface area contributed by atoms with Gasteiger partial charge in [-0.1, -0.05) is 32.9 Å². The zero-order valence-corrected chi connectivity index (χ0v) is 14.4. The molecule has 0 aromatic heterocycles. The average Bonchev–Trinajstić information content (AvgIpc) is 2.37. The van der Waals surface area contributed by atoms with Gasteiger partial charge in [-0.3, -0.25) is 0 Å². The van der Waals surface area contributed by atoms with Gasteiger partial charge in [0.15, 0.2) is 0 Å². The second kappa shape index (κ2) is 5.71. The molecule has 0 amide bonds. The molecule has 0 spiro atoms. The highest BCUT2D eigenvalue weighted by atomic mass is 32.2. The first-order valence-electron chi connectivity index (χ1n) is 7.47. The average molecular weight is 310 g/mol. The Hall–Kier alpha value is -0.910. The van der Waals surface area contributed by atoms with E-state index in [-0.39, 0.29) is 11.5 Å². The van der Waals surface area contributed by atoms with Crippen molar-refractivity contribution >= 4 is 10.0 Å². The van der Waals surface area contributed by atoms with Crippen LogP contribution < -0.4 is 5.32 Å². The highest BCUT2D eigenvalue weighted by Gasteiger charge is 2.30. The normalized spacial score (nSPS) is 21.5. The van der Waals surface area contributed by atoms with Crippen molar-refractivity contribution in [3.8, 4) is 0 Å². The molecule has 1 aliphatic heterocycles. The summed E-state index contributed by atoms with van der Waals surface area (Å²) in [4.78, 5) is 0.448. The van der Waals surface area contributed by atoms with E-state index in [4.69, 9.17) is 0 Å². The van der Waals surface area contributed by atoms with Crippen molar-refractivity contribution in [3.63, 3.8) is 0 Å². The lowest BCUT2D eigenvalue weighted by atomic mass is 9.87. The number of aryl methyl sites for hydroxylation is 1. The minimum atomic E-state index is -3.42. The highest BCUT2D eigenvalue weighted by Crippen LogP contribution is 2.28. The maximum atomic E-state index is 12.9. The predicted molar refractivity (Wildman–Crippen MR) is 86.1 cm³/mol. The molecule has 1 N–H and O–H groups in total. The van der Waals surface area contributed by atoms with E-state index in [1.54, 1.807) is 4.31 Å². The van der Waals surface area contributed by atoms with Crippen LogP contribution >= 0.6 is 0 Å². The molecule has 1 aromatic rings. The van der Waals surface area contributed by atoms with E-state index in [2.05, 4.69) is 26.1 Å². The second-order valence-corrected chi connectivity index (χ2v) is 8.85. The maximum Gasteiger partial charge on any atom is 0.243 e. The van der Waals surface area contributed by atoms with Crippen molar-refractivity contribution in [2.75, 3.05) is 19.6 Å². The maximum absolute atomic E-state index is 12.9. The summed E-state index contributed by atoms with van der Waals surface area (Å²) in [6.45, 7) is 11.9. The molecule has 1 heterocycles. The van der Waals surface area contributed by atoms with Crippen molar-refractivity contribution in [1.29, 1.82) is 0 Å². The Labute approximate surface area is 128 Å². The topological polar surface area (TPSA) is 49.4 Å². The van der Waals surface area contributed by atoms with Gasteiger partial charge in [0.25, 0.3) is 0 Å². The monoisotopic (exact) mass is 310 g/mol. The Kier molecular flexibility index (Phi) is 4.47. The molecule has 1 fully saturated rings. The van der Waals surface area contributed by atoms with Crippen LogP contribution in [0.2, 0.25) is 0 Å². The number of rotatable bonds is 2. The van der Waals surface area contributed by atoms with E-state index in [0.717, 1.165) is 11.1 Å². The SMILES string of the molecule is Cc1ccc(C(C)(C)C)cc1S(=O)(=O)N1CCNC(C)C1. The number of hydrogen-bond donors (Lipinski definition) is 1. The Bertz CT molecular complexity index is 618. The predicted octanol–water partition coefficient (Wildman–Crippen LogP) is 2.27. The van der Waals surface area contributed by atoms with Gasteiger partial charge in [-0.2, -0.15) is 4.31 Å². The van der Waals surface area contributed by atoms with Gasteiger partial charge < -0.3 is 5.32 Å². The standard InChI is InChI=1S/C16H26N2O2S/c1-12-6-7-14(16(3,4)5)10-15(12)21(19,20)18-9-8-17-13(2)11-18/h6-7,10,13,17H,8-9,11H2,1-5H3. The minimum absolute atomic E-state index is 0.0608. The number of hydrogen-bond acceptors (Lipinski definition) is 3. The van der Waals surface area contributed by atoms with Crippen LogP contribution in [0.3, 0.4) is 0 Å². The van der Waals surface area contributed by atoms with Gasteiger partial charge in [0, 0.05) is 25.7 Å². The molecule has 1 aromatic carbocycles. The summed E-state index contributed by atoms with van der Waals surface area (Å²) in [5.41, 5.74) is 1.80. The summed E-state index contributed by atoms with van der Waals surface area (Å²) in [5, 5.41) is 3.28. The first kappa shape index (κ1) is 16.5. The molecule has 4 nitrogen and oxygen atoms in total. The Balaban J connectivity index is 2.44. The quantitative estimate of drug-likeness (QED) is 0.911. The van der Waals surface area contributed by atoms with Crippen LogP contribution in [0.25, 0.3) is 0 Å². The molecule has 21 heavy (non-hydrogen) atoms. The van der Waals surface area contributed by atoms with Gasteiger partial charge in [-0.25, -0.2) is 8.42 Å². The fourth-order valence-electron chi connectivity index (χ4n) is 2.60. The summed E-state index contributed by atoms with van der Waals surface area (Å²) in [5.74, 6) is 0. The molecule has 1 atom stereocenters. The summed E-state index contributed by atoms with van der Waals surface area (Å²) < 4.78 is 27.5. The van der Waals surface area contributed by atoms with Crippen LogP contribution in [0.15, 0.2) is 23.1 Å². The van der Waals surface area contributed by atoms with Crippen LogP contribution in [0.5, 0.6) is 0 Å². The lowest BCUT2D eigenvalue weighted by molar-refractivity contribution is 0.310. The van der Waals surface area contributed by atoms with Crippen molar-refractivity contribution in [2.24, 2.45) is 0 Å². The summed E-state index contributed by atoms with van der Waals surface area (Å²) in [7, 11) is -3.42. The molecular weight excluding hydrogens is 284 g/mol. The van der Waals surface area contributed by atoms with E-state index in [0.29, 0.717) is 24.5 Å². The number of sulfonamides is 1. The van der Waals surface area contributed by atoms with Crippen LogP contribution in [-0.2, 0) is 15.4 Å². The molecule has 1 unspecified atom stereocenters. The minimum Gasteiger partial charge on any atom is -0.312 e. The van der Waals surface area contributed by atoms with Crippen LogP contribution in [0.4, 0.5) is 0 Å².